The van der Waals surface area contributed by atoms with E-state index in [2.05, 4.69) is 14.7 Å². The van der Waals surface area contributed by atoms with Crippen molar-refractivity contribution in [2.24, 2.45) is 0 Å². The van der Waals surface area contributed by atoms with E-state index < -0.39 is 23.8 Å². The lowest BCUT2D eigenvalue weighted by Crippen LogP contribution is -2.31. The van der Waals surface area contributed by atoms with Crippen LogP contribution in [0, 0.1) is 5.82 Å². The molecule has 1 saturated heterocycles. The molecule has 1 amide bonds. The van der Waals surface area contributed by atoms with E-state index >= 15 is 0 Å². The Morgan fingerprint density at radius 1 is 1.13 bits per heavy atom. The SMILES string of the molecule is O=C(c1ccccc1F)N1CC[C@H](Oc2ccc(-c3noc(C(F)(F)F)n3)cc2)C1. The molecule has 1 fully saturated rings. The summed E-state index contributed by atoms with van der Waals surface area (Å²) in [5.41, 5.74) is 0.352. The van der Waals surface area contributed by atoms with Crippen LogP contribution in [-0.2, 0) is 6.18 Å². The fraction of sp³-hybridized carbons (Fsp3) is 0.250. The highest BCUT2D eigenvalue weighted by Crippen LogP contribution is 2.30. The molecule has 1 aliphatic rings. The van der Waals surface area contributed by atoms with Gasteiger partial charge in [-0.2, -0.15) is 18.2 Å². The lowest BCUT2D eigenvalue weighted by Gasteiger charge is -2.17. The highest BCUT2D eigenvalue weighted by atomic mass is 19.4. The third-order valence-electron chi connectivity index (χ3n) is 4.62. The number of hydrogen-bond donors (Lipinski definition) is 0. The molecule has 0 radical (unpaired) electrons. The van der Waals surface area contributed by atoms with Crippen LogP contribution in [-0.4, -0.2) is 40.1 Å². The van der Waals surface area contributed by atoms with Gasteiger partial charge in [-0.15, -0.1) is 0 Å². The lowest BCUT2D eigenvalue weighted by molar-refractivity contribution is -0.159. The van der Waals surface area contributed by atoms with Crippen LogP contribution in [0.4, 0.5) is 17.6 Å². The van der Waals surface area contributed by atoms with Crippen LogP contribution in [0.3, 0.4) is 0 Å². The third-order valence-corrected chi connectivity index (χ3v) is 4.62. The number of carbonyl (C=O) groups is 1. The van der Waals surface area contributed by atoms with Gasteiger partial charge in [-0.1, -0.05) is 17.3 Å². The minimum absolute atomic E-state index is 0.0147. The van der Waals surface area contributed by atoms with Crippen LogP contribution in [0.1, 0.15) is 22.7 Å². The Bertz CT molecular complexity index is 1050. The van der Waals surface area contributed by atoms with Crippen LogP contribution in [0.5, 0.6) is 5.75 Å². The molecule has 2 heterocycles. The molecule has 1 aromatic heterocycles. The Labute approximate surface area is 168 Å². The van der Waals surface area contributed by atoms with E-state index in [4.69, 9.17) is 4.74 Å². The quantitative estimate of drug-likeness (QED) is 0.591. The molecule has 30 heavy (non-hydrogen) atoms. The van der Waals surface area contributed by atoms with Crippen LogP contribution in [0.15, 0.2) is 53.1 Å². The number of rotatable bonds is 4. The van der Waals surface area contributed by atoms with Crippen molar-refractivity contribution in [3.8, 4) is 17.1 Å². The second-order valence-electron chi connectivity index (χ2n) is 6.70. The minimum Gasteiger partial charge on any atom is -0.489 e. The summed E-state index contributed by atoms with van der Waals surface area (Å²) in [6.45, 7) is 0.730. The van der Waals surface area contributed by atoms with Crippen LogP contribution in [0.2, 0.25) is 0 Å². The first-order valence-electron chi connectivity index (χ1n) is 9.03. The predicted octanol–water partition coefficient (Wildman–Crippen LogP) is 4.19. The summed E-state index contributed by atoms with van der Waals surface area (Å²) in [4.78, 5) is 17.3. The number of likely N-dealkylation sites (tertiary alicyclic amines) is 1. The topological polar surface area (TPSA) is 68.5 Å². The number of aromatic nitrogens is 2. The van der Waals surface area contributed by atoms with Gasteiger partial charge in [0.1, 0.15) is 17.7 Å². The summed E-state index contributed by atoms with van der Waals surface area (Å²) in [5, 5.41) is 3.33. The third kappa shape index (κ3) is 4.12. The summed E-state index contributed by atoms with van der Waals surface area (Å²) in [5.74, 6) is -2.09. The first-order valence-corrected chi connectivity index (χ1v) is 9.03. The molecule has 0 unspecified atom stereocenters. The molecular formula is C20H15F4N3O3. The maximum atomic E-state index is 13.8. The van der Waals surface area contributed by atoms with Crippen molar-refractivity contribution in [3.63, 3.8) is 0 Å². The summed E-state index contributed by atoms with van der Waals surface area (Å²) < 4.78 is 61.6. The molecular weight excluding hydrogens is 406 g/mol. The van der Waals surface area contributed by atoms with E-state index in [0.29, 0.717) is 30.8 Å². The van der Waals surface area contributed by atoms with E-state index in [9.17, 15) is 22.4 Å². The monoisotopic (exact) mass is 421 g/mol. The Balaban J connectivity index is 1.38. The molecule has 156 valence electrons. The normalized spacial score (nSPS) is 16.7. The molecule has 0 saturated carbocycles. The molecule has 6 nitrogen and oxygen atoms in total. The van der Waals surface area contributed by atoms with E-state index in [1.165, 1.54) is 35.2 Å². The van der Waals surface area contributed by atoms with Gasteiger partial charge in [0, 0.05) is 18.5 Å². The molecule has 1 aliphatic heterocycles. The smallest absolute Gasteiger partial charge is 0.471 e. The van der Waals surface area contributed by atoms with Crippen LogP contribution in [0.25, 0.3) is 11.4 Å². The zero-order valence-corrected chi connectivity index (χ0v) is 15.4. The number of halogens is 4. The van der Waals surface area contributed by atoms with E-state index in [1.807, 2.05) is 0 Å². The molecule has 0 N–H and O–H groups in total. The average Bonchev–Trinajstić information content (AvgIpc) is 3.38. The Morgan fingerprint density at radius 3 is 2.53 bits per heavy atom. The number of amides is 1. The first kappa shape index (κ1) is 19.9. The number of nitrogens with zero attached hydrogens (tertiary/aromatic N) is 3. The van der Waals surface area contributed by atoms with E-state index in [0.717, 1.165) is 0 Å². The fourth-order valence-electron chi connectivity index (χ4n) is 3.14. The average molecular weight is 421 g/mol. The van der Waals surface area contributed by atoms with Crippen molar-refractivity contribution >= 4 is 5.91 Å². The van der Waals surface area contributed by atoms with Crippen molar-refractivity contribution in [3.05, 3.63) is 65.8 Å². The summed E-state index contributed by atoms with van der Waals surface area (Å²) >= 11 is 0. The second kappa shape index (κ2) is 7.77. The number of carbonyl (C=O) groups excluding carboxylic acids is 1. The van der Waals surface area contributed by atoms with Crippen molar-refractivity contribution in [2.45, 2.75) is 18.7 Å². The summed E-state index contributed by atoms with van der Waals surface area (Å²) in [7, 11) is 0. The molecule has 0 spiro atoms. The molecule has 0 aliphatic carbocycles. The number of ether oxygens (including phenoxy) is 1. The minimum atomic E-state index is -4.71. The molecule has 10 heteroatoms. The highest BCUT2D eigenvalue weighted by Gasteiger charge is 2.38. The standard InChI is InChI=1S/C20H15F4N3O3/c21-16-4-2-1-3-15(16)18(28)27-10-9-14(11-27)29-13-7-5-12(6-8-13)17-25-19(30-26-17)20(22,23)24/h1-8,14H,9-11H2/t14-/m0/s1. The van der Waals surface area contributed by atoms with Crippen molar-refractivity contribution in [2.75, 3.05) is 13.1 Å². The predicted molar refractivity (Wildman–Crippen MR) is 96.1 cm³/mol. The largest absolute Gasteiger partial charge is 0.489 e. The van der Waals surface area contributed by atoms with Crippen molar-refractivity contribution in [1.29, 1.82) is 0 Å². The number of alkyl halides is 3. The lowest BCUT2D eigenvalue weighted by atomic mass is 10.2. The molecule has 1 atom stereocenters. The van der Waals surface area contributed by atoms with Gasteiger partial charge in [0.05, 0.1) is 12.1 Å². The highest BCUT2D eigenvalue weighted by molar-refractivity contribution is 5.94. The summed E-state index contributed by atoms with van der Waals surface area (Å²) in [6.07, 6.45) is -4.42. The van der Waals surface area contributed by atoms with Crippen LogP contribution < -0.4 is 4.74 Å². The number of benzene rings is 2. The number of hydrogen-bond acceptors (Lipinski definition) is 5. The molecule has 0 bridgehead atoms. The zero-order chi connectivity index (χ0) is 21.3. The van der Waals surface area contributed by atoms with Gasteiger partial charge >= 0.3 is 12.1 Å². The van der Waals surface area contributed by atoms with Gasteiger partial charge in [-0.25, -0.2) is 4.39 Å². The Morgan fingerprint density at radius 2 is 1.87 bits per heavy atom. The Kier molecular flexibility index (Phi) is 5.15. The van der Waals surface area contributed by atoms with Gasteiger partial charge < -0.3 is 14.2 Å². The molecule has 2 aromatic carbocycles. The van der Waals surface area contributed by atoms with Crippen molar-refractivity contribution in [1.82, 2.24) is 15.0 Å². The summed E-state index contributed by atoms with van der Waals surface area (Å²) in [6, 6.07) is 12.0. The Hall–Kier alpha value is -3.43. The second-order valence-corrected chi connectivity index (χ2v) is 6.70. The van der Waals surface area contributed by atoms with Crippen molar-refractivity contribution < 1.29 is 31.6 Å². The zero-order valence-electron chi connectivity index (χ0n) is 15.4. The first-order chi connectivity index (χ1) is 14.3. The van der Waals surface area contributed by atoms with Gasteiger partial charge in [-0.05, 0) is 36.4 Å². The van der Waals surface area contributed by atoms with Crippen LogP contribution >= 0.6 is 0 Å². The van der Waals surface area contributed by atoms with E-state index in [-0.39, 0.29) is 17.5 Å². The fourth-order valence-corrected chi connectivity index (χ4v) is 3.14. The van der Waals surface area contributed by atoms with E-state index in [1.54, 1.807) is 18.2 Å². The van der Waals surface area contributed by atoms with Gasteiger partial charge in [-0.3, -0.25) is 4.79 Å². The molecule has 4 rings (SSSR count). The maximum absolute atomic E-state index is 13.8. The van der Waals surface area contributed by atoms with Gasteiger partial charge in [0.2, 0.25) is 5.82 Å². The van der Waals surface area contributed by atoms with Gasteiger partial charge in [0.15, 0.2) is 0 Å². The van der Waals surface area contributed by atoms with Gasteiger partial charge in [0.25, 0.3) is 5.91 Å². The maximum Gasteiger partial charge on any atom is 0.471 e. The molecule has 3 aromatic rings.